The van der Waals surface area contributed by atoms with Crippen molar-refractivity contribution in [3.63, 3.8) is 0 Å². The van der Waals surface area contributed by atoms with Crippen LogP contribution in [0.15, 0.2) is 24.3 Å². The van der Waals surface area contributed by atoms with Crippen molar-refractivity contribution in [3.8, 4) is 0 Å². The molecule has 6 fully saturated rings. The van der Waals surface area contributed by atoms with E-state index in [1.54, 1.807) is 24.3 Å². The first-order chi connectivity index (χ1) is 15.8. The summed E-state index contributed by atoms with van der Waals surface area (Å²) in [5.41, 5.74) is 0.868. The predicted octanol–water partition coefficient (Wildman–Crippen LogP) is 4.62. The summed E-state index contributed by atoms with van der Waals surface area (Å²) in [6.07, 6.45) is 5.84. The summed E-state index contributed by atoms with van der Waals surface area (Å²) in [6, 6.07) is 6.74. The molecule has 186 valence electrons. The first kappa shape index (κ1) is 23.8. The van der Waals surface area contributed by atoms with Crippen LogP contribution in [0.25, 0.3) is 0 Å². The van der Waals surface area contributed by atoms with Crippen molar-refractivity contribution < 1.29 is 19.1 Å². The molecule has 2 saturated carbocycles. The predicted molar refractivity (Wildman–Crippen MR) is 131 cm³/mol. The van der Waals surface area contributed by atoms with Crippen LogP contribution in [-0.4, -0.2) is 46.3 Å². The lowest BCUT2D eigenvalue weighted by atomic mass is 9.63. The van der Waals surface area contributed by atoms with Gasteiger partial charge in [0, 0.05) is 46.8 Å². The highest BCUT2D eigenvalue weighted by Gasteiger charge is 2.54. The summed E-state index contributed by atoms with van der Waals surface area (Å²) in [4.78, 5) is 25.9. The van der Waals surface area contributed by atoms with Crippen molar-refractivity contribution in [1.29, 1.82) is 0 Å². The quantitative estimate of drug-likeness (QED) is 0.628. The summed E-state index contributed by atoms with van der Waals surface area (Å²) in [5, 5.41) is 7.47. The second-order valence-corrected chi connectivity index (χ2v) is 13.0. The first-order valence-corrected chi connectivity index (χ1v) is 12.9. The van der Waals surface area contributed by atoms with Crippen LogP contribution < -0.4 is 10.6 Å². The lowest BCUT2D eigenvalue weighted by molar-refractivity contribution is -0.0834. The number of piperidine rings is 4. The van der Waals surface area contributed by atoms with Crippen LogP contribution in [-0.2, 0) is 9.47 Å². The largest absolute Gasteiger partial charge is 0.458 e. The first-order valence-electron chi connectivity index (χ1n) is 12.9. The Morgan fingerprint density at radius 3 is 1.35 bits per heavy atom. The van der Waals surface area contributed by atoms with Gasteiger partial charge in [0.2, 0.25) is 0 Å². The van der Waals surface area contributed by atoms with E-state index in [2.05, 4.69) is 52.2 Å². The smallest absolute Gasteiger partial charge is 0.338 e. The minimum absolute atomic E-state index is 0.0104. The Bertz CT molecular complexity index is 902. The van der Waals surface area contributed by atoms with Crippen LogP contribution in [0.1, 0.15) is 101 Å². The van der Waals surface area contributed by atoms with Gasteiger partial charge in [-0.05, 0) is 91.5 Å². The number of hydrogen-bond donors (Lipinski definition) is 2. The van der Waals surface area contributed by atoms with Crippen LogP contribution in [0.4, 0.5) is 0 Å². The Kier molecular flexibility index (Phi) is 5.45. The zero-order valence-electron chi connectivity index (χ0n) is 21.5. The van der Waals surface area contributed by atoms with E-state index < -0.39 is 0 Å². The van der Waals surface area contributed by atoms with Gasteiger partial charge < -0.3 is 20.1 Å². The molecule has 1 aromatic carbocycles. The van der Waals surface area contributed by atoms with Crippen LogP contribution in [0, 0.1) is 11.8 Å². The van der Waals surface area contributed by atoms with E-state index in [9.17, 15) is 9.59 Å². The average Bonchev–Trinajstić information content (AvgIpc) is 2.71. The van der Waals surface area contributed by atoms with Crippen molar-refractivity contribution in [3.05, 3.63) is 35.4 Å². The van der Waals surface area contributed by atoms with Crippen LogP contribution in [0.3, 0.4) is 0 Å². The highest BCUT2D eigenvalue weighted by atomic mass is 16.5. The van der Waals surface area contributed by atoms with Crippen molar-refractivity contribution in [2.24, 2.45) is 11.8 Å². The molecule has 6 nitrogen and oxygen atoms in total. The Balaban J connectivity index is 1.23. The standard InChI is InChI=1S/C28H40N2O4/c1-25(2)19-11-13-27(5,29-25)15-21(19)33-23(31)17-7-9-18(10-8-17)24(32)34-22-16-28(6)14-12-20(22)26(3,4)30-28/h7-10,19-22,29-30H,11-16H2,1-6H3. The van der Waals surface area contributed by atoms with Crippen LogP contribution >= 0.6 is 0 Å². The lowest BCUT2D eigenvalue weighted by Crippen LogP contribution is -2.70. The Hall–Kier alpha value is -1.92. The van der Waals surface area contributed by atoms with Crippen LogP contribution in [0.2, 0.25) is 0 Å². The van der Waals surface area contributed by atoms with E-state index in [0.29, 0.717) is 23.0 Å². The molecule has 4 heterocycles. The maximum absolute atomic E-state index is 12.9. The molecule has 4 saturated heterocycles. The highest BCUT2D eigenvalue weighted by molar-refractivity contribution is 5.93. The molecule has 0 aromatic heterocycles. The SMILES string of the molecule is CC12CCC(C(OC(=O)c3ccc(C(=O)OC4CC5(C)CCC4C(C)(C)N5)cc3)C1)C(C)(C)N2. The molecular formula is C28H40N2O4. The molecule has 0 amide bonds. The second kappa shape index (κ2) is 7.79. The molecule has 4 aliphatic heterocycles. The van der Waals surface area contributed by atoms with Gasteiger partial charge in [0.05, 0.1) is 11.1 Å². The lowest BCUT2D eigenvalue weighted by Gasteiger charge is -2.58. The Labute approximate surface area is 203 Å². The third-order valence-electron chi connectivity index (χ3n) is 9.19. The molecule has 6 heteroatoms. The van der Waals surface area contributed by atoms with Crippen molar-refractivity contribution in [1.82, 2.24) is 10.6 Å². The zero-order valence-corrected chi connectivity index (χ0v) is 21.5. The fraction of sp³-hybridized carbons (Fsp3) is 0.714. The third kappa shape index (κ3) is 4.17. The van der Waals surface area contributed by atoms with Crippen molar-refractivity contribution in [2.45, 2.75) is 114 Å². The molecule has 7 rings (SSSR count). The van der Waals surface area contributed by atoms with Gasteiger partial charge in [0.1, 0.15) is 12.2 Å². The minimum Gasteiger partial charge on any atom is -0.458 e. The van der Waals surface area contributed by atoms with E-state index in [0.717, 1.165) is 38.5 Å². The third-order valence-corrected chi connectivity index (χ3v) is 9.19. The maximum atomic E-state index is 12.9. The number of hydrogen-bond acceptors (Lipinski definition) is 6. The number of rotatable bonds is 4. The maximum Gasteiger partial charge on any atom is 0.338 e. The average molecular weight is 469 g/mol. The molecule has 1 aromatic rings. The molecule has 4 bridgehead atoms. The summed E-state index contributed by atoms with van der Waals surface area (Å²) >= 11 is 0. The number of nitrogens with one attached hydrogen (secondary N) is 2. The molecular weight excluding hydrogens is 428 g/mol. The number of fused-ring (bicyclic) bond motifs is 6. The van der Waals surface area contributed by atoms with E-state index in [1.807, 2.05) is 0 Å². The van der Waals surface area contributed by atoms with E-state index in [4.69, 9.17) is 9.47 Å². The second-order valence-electron chi connectivity index (χ2n) is 13.0. The number of benzene rings is 1. The number of carbonyl (C=O) groups excluding carboxylic acids is 2. The summed E-state index contributed by atoms with van der Waals surface area (Å²) in [5.74, 6) is -0.0256. The number of carbonyl (C=O) groups is 2. The molecule has 6 aliphatic rings. The van der Waals surface area contributed by atoms with Gasteiger partial charge in [-0.3, -0.25) is 0 Å². The monoisotopic (exact) mass is 468 g/mol. The van der Waals surface area contributed by atoms with Crippen LogP contribution in [0.5, 0.6) is 0 Å². The summed E-state index contributed by atoms with van der Waals surface area (Å²) in [7, 11) is 0. The number of ether oxygens (including phenoxy) is 2. The van der Waals surface area contributed by atoms with Gasteiger partial charge in [-0.1, -0.05) is 0 Å². The molecule has 0 spiro atoms. The van der Waals surface area contributed by atoms with E-state index in [1.165, 1.54) is 0 Å². The topological polar surface area (TPSA) is 76.7 Å². The molecule has 34 heavy (non-hydrogen) atoms. The van der Waals surface area contributed by atoms with Gasteiger partial charge in [-0.25, -0.2) is 9.59 Å². The highest BCUT2D eigenvalue weighted by Crippen LogP contribution is 2.47. The molecule has 6 unspecified atom stereocenters. The van der Waals surface area contributed by atoms with Gasteiger partial charge >= 0.3 is 11.9 Å². The summed E-state index contributed by atoms with van der Waals surface area (Å²) in [6.45, 7) is 13.2. The zero-order chi connectivity index (χ0) is 24.5. The molecule has 2 aliphatic carbocycles. The minimum atomic E-state index is -0.317. The van der Waals surface area contributed by atoms with Crippen molar-refractivity contribution in [2.75, 3.05) is 0 Å². The summed E-state index contributed by atoms with van der Waals surface area (Å²) < 4.78 is 12.0. The molecule has 2 N–H and O–H groups in total. The van der Waals surface area contributed by atoms with Gasteiger partial charge in [-0.15, -0.1) is 0 Å². The normalized spacial score (nSPS) is 39.5. The van der Waals surface area contributed by atoms with Crippen molar-refractivity contribution >= 4 is 11.9 Å². The molecule has 0 radical (unpaired) electrons. The fourth-order valence-electron chi connectivity index (χ4n) is 7.72. The Morgan fingerprint density at radius 1 is 0.706 bits per heavy atom. The Morgan fingerprint density at radius 2 is 1.06 bits per heavy atom. The van der Waals surface area contributed by atoms with E-state index >= 15 is 0 Å². The van der Waals surface area contributed by atoms with Gasteiger partial charge in [-0.2, -0.15) is 0 Å². The van der Waals surface area contributed by atoms with Gasteiger partial charge in [0.15, 0.2) is 0 Å². The fourth-order valence-corrected chi connectivity index (χ4v) is 7.72. The van der Waals surface area contributed by atoms with E-state index in [-0.39, 0.29) is 46.3 Å². The number of esters is 2. The molecule has 6 atom stereocenters. The van der Waals surface area contributed by atoms with Gasteiger partial charge in [0.25, 0.3) is 0 Å².